The number of hydrogen-bond acceptors (Lipinski definition) is 7. The Kier molecular flexibility index (Phi) is 6.24. The first kappa shape index (κ1) is 22.7. The van der Waals surface area contributed by atoms with Gasteiger partial charge in [-0.15, -0.1) is 46.2 Å². The molecule has 0 saturated carbocycles. The summed E-state index contributed by atoms with van der Waals surface area (Å²) in [5.74, 6) is 1.42. The van der Waals surface area contributed by atoms with Gasteiger partial charge in [0, 0.05) is 55.8 Å². The van der Waals surface area contributed by atoms with Gasteiger partial charge in [-0.3, -0.25) is 9.59 Å². The minimum Gasteiger partial charge on any atom is -0.380 e. The average molecular weight is 542 g/mol. The van der Waals surface area contributed by atoms with Crippen molar-refractivity contribution in [1.82, 2.24) is 5.32 Å². The summed E-state index contributed by atoms with van der Waals surface area (Å²) in [6, 6.07) is 16.0. The van der Waals surface area contributed by atoms with Crippen LogP contribution in [0.2, 0.25) is 5.02 Å². The zero-order valence-electron chi connectivity index (χ0n) is 18.0. The van der Waals surface area contributed by atoms with Crippen LogP contribution < -0.4 is 5.32 Å². The van der Waals surface area contributed by atoms with Crippen LogP contribution in [0.15, 0.2) is 80.4 Å². The van der Waals surface area contributed by atoms with Crippen molar-refractivity contribution in [1.29, 1.82) is 0 Å². The van der Waals surface area contributed by atoms with Crippen molar-refractivity contribution in [3.8, 4) is 0 Å². The van der Waals surface area contributed by atoms with Gasteiger partial charge in [-0.1, -0.05) is 35.9 Å². The zero-order valence-corrected chi connectivity index (χ0v) is 22.0. The van der Waals surface area contributed by atoms with Crippen LogP contribution >= 0.6 is 57.8 Å². The number of allylic oxidation sites excluding steroid dienone is 2. The number of thiophene rings is 2. The van der Waals surface area contributed by atoms with Crippen LogP contribution in [0.5, 0.6) is 0 Å². The van der Waals surface area contributed by atoms with E-state index in [4.69, 9.17) is 11.6 Å². The van der Waals surface area contributed by atoms with E-state index in [1.54, 1.807) is 46.2 Å². The molecule has 1 saturated heterocycles. The molecular weight excluding hydrogens is 522 g/mol. The van der Waals surface area contributed by atoms with E-state index in [-0.39, 0.29) is 29.4 Å². The lowest BCUT2D eigenvalue weighted by Gasteiger charge is -2.24. The summed E-state index contributed by atoms with van der Waals surface area (Å²) in [4.78, 5) is 30.1. The summed E-state index contributed by atoms with van der Waals surface area (Å²) in [5, 5.41) is 8.53. The molecule has 0 bridgehead atoms. The number of nitrogens with one attached hydrogen (secondary N) is 1. The lowest BCUT2D eigenvalue weighted by atomic mass is 9.84. The molecule has 1 aromatic carbocycles. The molecule has 3 aromatic rings. The number of halogens is 1. The van der Waals surface area contributed by atoms with Gasteiger partial charge in [0.05, 0.1) is 15.9 Å². The van der Waals surface area contributed by atoms with Gasteiger partial charge in [-0.25, -0.2) is 0 Å². The monoisotopic (exact) mass is 541 g/mol. The first-order valence-electron chi connectivity index (χ1n) is 11.0. The lowest BCUT2D eigenvalue weighted by Crippen LogP contribution is -2.24. The highest BCUT2D eigenvalue weighted by Crippen LogP contribution is 2.53. The van der Waals surface area contributed by atoms with Gasteiger partial charge < -0.3 is 5.32 Å². The van der Waals surface area contributed by atoms with E-state index in [0.717, 1.165) is 42.3 Å². The second-order valence-corrected chi connectivity index (χ2v) is 13.2. The fraction of sp³-hybridized carbons (Fsp3) is 0.231. The van der Waals surface area contributed by atoms with E-state index in [1.165, 1.54) is 0 Å². The first-order chi connectivity index (χ1) is 16.6. The van der Waals surface area contributed by atoms with E-state index in [2.05, 4.69) is 22.8 Å². The minimum absolute atomic E-state index is 0.0375. The highest BCUT2D eigenvalue weighted by molar-refractivity contribution is 8.25. The summed E-state index contributed by atoms with van der Waals surface area (Å²) < 4.78 is 0.897. The molecule has 2 aliphatic heterocycles. The Labute approximate surface area is 219 Å². The fourth-order valence-corrected chi connectivity index (χ4v) is 9.39. The van der Waals surface area contributed by atoms with Crippen molar-refractivity contribution in [2.24, 2.45) is 0 Å². The van der Waals surface area contributed by atoms with E-state index < -0.39 is 0 Å². The summed E-state index contributed by atoms with van der Waals surface area (Å²) in [7, 11) is 0. The maximum absolute atomic E-state index is 14.3. The molecular formula is C26H20ClNO2S4. The summed E-state index contributed by atoms with van der Waals surface area (Å²) in [6.07, 6.45) is 0.308. The second kappa shape index (κ2) is 9.36. The third-order valence-corrected chi connectivity index (χ3v) is 11.4. The van der Waals surface area contributed by atoms with Crippen LogP contribution in [0.3, 0.4) is 0 Å². The number of carbonyl (C=O) groups excluding carboxylic acids is 2. The fourth-order valence-electron chi connectivity index (χ4n) is 4.98. The number of ketones is 2. The Morgan fingerprint density at radius 2 is 1.56 bits per heavy atom. The molecule has 172 valence electrons. The van der Waals surface area contributed by atoms with Gasteiger partial charge in [0.15, 0.2) is 11.6 Å². The number of benzene rings is 1. The number of rotatable bonds is 3. The van der Waals surface area contributed by atoms with Crippen molar-refractivity contribution in [2.75, 3.05) is 11.5 Å². The van der Waals surface area contributed by atoms with Crippen LogP contribution in [0.1, 0.15) is 39.6 Å². The number of Topliss-reactive ketones (excluding diaryl/α,β-unsaturated/α-hetero) is 2. The standard InChI is InChI=1S/C26H20ClNO2S4/c27-15-7-5-14(6-8-15)23-21(19-4-2-10-32-19)22-24(28-23)16(18-3-1-9-31-18)13-17(29)20(25(22)30)26-33-11-12-34-26/h1-10,16,21,23,28H,11-13H2/t16-,21+,23-/m1/s1. The number of hydrogen-bond donors (Lipinski definition) is 1. The molecule has 0 unspecified atom stereocenters. The van der Waals surface area contributed by atoms with Gasteiger partial charge in [0.25, 0.3) is 0 Å². The molecule has 3 nitrogen and oxygen atoms in total. The van der Waals surface area contributed by atoms with Crippen molar-refractivity contribution < 1.29 is 9.59 Å². The Morgan fingerprint density at radius 3 is 2.21 bits per heavy atom. The Bertz CT molecular complexity index is 1300. The third kappa shape index (κ3) is 3.91. The van der Waals surface area contributed by atoms with Crippen LogP contribution in [0, 0.1) is 0 Å². The molecule has 1 aliphatic carbocycles. The van der Waals surface area contributed by atoms with Gasteiger partial charge >= 0.3 is 0 Å². The Hall–Kier alpha value is -1.77. The highest BCUT2D eigenvalue weighted by Gasteiger charge is 2.47. The summed E-state index contributed by atoms with van der Waals surface area (Å²) in [5.41, 5.74) is 3.14. The van der Waals surface area contributed by atoms with E-state index >= 15 is 0 Å². The van der Waals surface area contributed by atoms with Crippen LogP contribution in [-0.2, 0) is 9.59 Å². The number of thioether (sulfide) groups is 2. The molecule has 34 heavy (non-hydrogen) atoms. The summed E-state index contributed by atoms with van der Waals surface area (Å²) >= 11 is 12.8. The molecule has 0 radical (unpaired) electrons. The molecule has 8 heteroatoms. The van der Waals surface area contributed by atoms with Crippen molar-refractivity contribution >= 4 is 69.4 Å². The van der Waals surface area contributed by atoms with Crippen molar-refractivity contribution in [3.05, 3.63) is 101 Å². The molecule has 3 aliphatic rings. The third-order valence-electron chi connectivity index (χ3n) is 6.45. The second-order valence-electron chi connectivity index (χ2n) is 8.38. The molecule has 2 aromatic heterocycles. The maximum atomic E-state index is 14.3. The zero-order chi connectivity index (χ0) is 23.2. The van der Waals surface area contributed by atoms with Gasteiger partial charge in [0.2, 0.25) is 0 Å². The molecule has 6 rings (SSSR count). The predicted octanol–water partition coefficient (Wildman–Crippen LogP) is 7.16. The Balaban J connectivity index is 1.56. The maximum Gasteiger partial charge on any atom is 0.196 e. The van der Waals surface area contributed by atoms with E-state index in [1.807, 2.05) is 41.8 Å². The van der Waals surface area contributed by atoms with Crippen molar-refractivity contribution in [3.63, 3.8) is 0 Å². The SMILES string of the molecule is O=C1C[C@H](c2cccs2)C2=C(C(=O)C1=C1SCCS1)[C@H](c1cccs1)[C@@H](c1ccc(Cl)cc1)N2. The van der Waals surface area contributed by atoms with Gasteiger partial charge in [-0.05, 0) is 40.6 Å². The van der Waals surface area contributed by atoms with Crippen molar-refractivity contribution in [2.45, 2.75) is 24.3 Å². The summed E-state index contributed by atoms with van der Waals surface area (Å²) in [6.45, 7) is 0. The molecule has 4 heterocycles. The largest absolute Gasteiger partial charge is 0.380 e. The van der Waals surface area contributed by atoms with Gasteiger partial charge in [0.1, 0.15) is 0 Å². The van der Waals surface area contributed by atoms with Gasteiger partial charge in [-0.2, -0.15) is 0 Å². The highest BCUT2D eigenvalue weighted by atomic mass is 35.5. The topological polar surface area (TPSA) is 46.2 Å². The number of carbonyl (C=O) groups is 2. The molecule has 3 atom stereocenters. The van der Waals surface area contributed by atoms with E-state index in [9.17, 15) is 9.59 Å². The molecule has 1 N–H and O–H groups in total. The normalized spacial score (nSPS) is 25.0. The smallest absolute Gasteiger partial charge is 0.196 e. The molecule has 0 amide bonds. The predicted molar refractivity (Wildman–Crippen MR) is 145 cm³/mol. The minimum atomic E-state index is -0.163. The molecule has 0 spiro atoms. The van der Waals surface area contributed by atoms with E-state index in [0.29, 0.717) is 17.0 Å². The van der Waals surface area contributed by atoms with Crippen LogP contribution in [0.25, 0.3) is 0 Å². The quantitative estimate of drug-likeness (QED) is 0.281. The average Bonchev–Trinajstić information content (AvgIpc) is 3.64. The van der Waals surface area contributed by atoms with Crippen LogP contribution in [0.4, 0.5) is 0 Å². The first-order valence-corrected chi connectivity index (χ1v) is 15.1. The molecule has 1 fully saturated rings. The Morgan fingerprint density at radius 1 is 0.882 bits per heavy atom. The lowest BCUT2D eigenvalue weighted by molar-refractivity contribution is -0.119. The van der Waals surface area contributed by atoms with Crippen LogP contribution in [-0.4, -0.2) is 23.1 Å².